The van der Waals surface area contributed by atoms with E-state index in [0.717, 1.165) is 17.7 Å². The van der Waals surface area contributed by atoms with Crippen LogP contribution in [0.4, 0.5) is 18.9 Å². The molecule has 0 spiro atoms. The van der Waals surface area contributed by atoms with Crippen LogP contribution in [0.15, 0.2) is 71.6 Å². The number of hydrogen-bond acceptors (Lipinski definition) is 5. The molecule has 0 fully saturated rings. The molecule has 3 aromatic carbocycles. The van der Waals surface area contributed by atoms with Crippen molar-refractivity contribution >= 4 is 27.5 Å². The van der Waals surface area contributed by atoms with Gasteiger partial charge in [-0.15, -0.1) is 0 Å². The first-order valence-electron chi connectivity index (χ1n) is 11.5. The molecule has 0 unspecified atom stereocenters. The number of nitrogens with one attached hydrogen (secondary N) is 1. The van der Waals surface area contributed by atoms with Gasteiger partial charge in [0.15, 0.2) is 5.69 Å². The minimum atomic E-state index is -4.71. The Bertz CT molecular complexity index is 1750. The van der Waals surface area contributed by atoms with Crippen LogP contribution in [-0.4, -0.2) is 30.0 Å². The molecule has 9 nitrogen and oxygen atoms in total. The molecule has 13 heteroatoms. The van der Waals surface area contributed by atoms with Crippen LogP contribution in [0.25, 0.3) is 16.9 Å². The number of aromatic nitrogens is 2. The first-order valence-corrected chi connectivity index (χ1v) is 13.0. The van der Waals surface area contributed by atoms with E-state index in [1.54, 1.807) is 18.2 Å². The summed E-state index contributed by atoms with van der Waals surface area (Å²) in [5.41, 5.74) is 7.11. The Kier molecular flexibility index (Phi) is 6.27. The summed E-state index contributed by atoms with van der Waals surface area (Å²) >= 11 is 0. The monoisotopic (exact) mass is 555 g/mol. The highest BCUT2D eigenvalue weighted by atomic mass is 32.2. The maximum Gasteiger partial charge on any atom is 0.417 e. The van der Waals surface area contributed by atoms with Crippen molar-refractivity contribution in [2.45, 2.75) is 23.9 Å². The highest BCUT2D eigenvalue weighted by molar-refractivity contribution is 7.89. The maximum atomic E-state index is 13.4. The van der Waals surface area contributed by atoms with Crippen LogP contribution in [0.3, 0.4) is 0 Å². The van der Waals surface area contributed by atoms with Gasteiger partial charge in [0.05, 0.1) is 27.4 Å². The summed E-state index contributed by atoms with van der Waals surface area (Å²) in [6, 6.07) is 14.9. The van der Waals surface area contributed by atoms with Gasteiger partial charge in [-0.1, -0.05) is 18.2 Å². The zero-order chi connectivity index (χ0) is 28.1. The first-order chi connectivity index (χ1) is 18.3. The highest BCUT2D eigenvalue weighted by Crippen LogP contribution is 2.39. The van der Waals surface area contributed by atoms with Crippen LogP contribution in [-0.2, 0) is 29.0 Å². The molecule has 1 heterocycles. The third kappa shape index (κ3) is 4.89. The Balaban J connectivity index is 1.59. The Morgan fingerprint density at radius 2 is 1.67 bits per heavy atom. The summed E-state index contributed by atoms with van der Waals surface area (Å²) in [6.07, 6.45) is -3.76. The fraction of sp³-hybridized carbons (Fsp3) is 0.115. The van der Waals surface area contributed by atoms with Gasteiger partial charge in [-0.3, -0.25) is 9.59 Å². The van der Waals surface area contributed by atoms with Crippen molar-refractivity contribution in [3.05, 3.63) is 94.7 Å². The second-order valence-electron chi connectivity index (χ2n) is 8.86. The molecule has 1 aromatic heterocycles. The SMILES string of the molecule is NC(=O)c1nn(-c2ccc(S(N)(=O)=O)cc2)c2c1CCc1ccc(NC(=O)c3ccccc3C(F)(F)F)cc1-2. The number of aryl methyl sites for hydroxylation is 1. The molecule has 2 amide bonds. The fourth-order valence-electron chi connectivity index (χ4n) is 4.60. The summed E-state index contributed by atoms with van der Waals surface area (Å²) in [5.74, 6) is -1.70. The minimum Gasteiger partial charge on any atom is -0.364 e. The third-order valence-corrected chi connectivity index (χ3v) is 7.30. The van der Waals surface area contributed by atoms with E-state index in [1.165, 1.54) is 41.1 Å². The molecule has 0 saturated heterocycles. The molecule has 200 valence electrons. The van der Waals surface area contributed by atoms with E-state index in [2.05, 4.69) is 10.4 Å². The van der Waals surface area contributed by atoms with Crippen molar-refractivity contribution in [2.75, 3.05) is 5.32 Å². The average molecular weight is 556 g/mol. The molecule has 0 saturated carbocycles. The van der Waals surface area contributed by atoms with E-state index in [-0.39, 0.29) is 16.3 Å². The summed E-state index contributed by atoms with van der Waals surface area (Å²) in [5, 5.41) is 12.1. The van der Waals surface area contributed by atoms with Crippen LogP contribution < -0.4 is 16.2 Å². The Hall–Kier alpha value is -4.49. The largest absolute Gasteiger partial charge is 0.417 e. The molecule has 1 aliphatic rings. The second-order valence-corrected chi connectivity index (χ2v) is 10.4. The summed E-state index contributed by atoms with van der Waals surface area (Å²) in [4.78, 5) is 24.9. The van der Waals surface area contributed by atoms with E-state index in [9.17, 15) is 31.2 Å². The van der Waals surface area contributed by atoms with Crippen molar-refractivity contribution < 1.29 is 31.2 Å². The molecule has 0 radical (unpaired) electrons. The van der Waals surface area contributed by atoms with Gasteiger partial charge in [-0.05, 0) is 66.9 Å². The predicted molar refractivity (Wildman–Crippen MR) is 136 cm³/mol. The van der Waals surface area contributed by atoms with E-state index >= 15 is 0 Å². The lowest BCUT2D eigenvalue weighted by molar-refractivity contribution is -0.137. The molecule has 4 aromatic rings. The van der Waals surface area contributed by atoms with Gasteiger partial charge in [0.2, 0.25) is 10.0 Å². The quantitative estimate of drug-likeness (QED) is 0.344. The zero-order valence-corrected chi connectivity index (χ0v) is 20.8. The van der Waals surface area contributed by atoms with Gasteiger partial charge < -0.3 is 11.1 Å². The summed E-state index contributed by atoms with van der Waals surface area (Å²) < 4.78 is 65.1. The number of rotatable bonds is 5. The van der Waals surface area contributed by atoms with Gasteiger partial charge in [0.25, 0.3) is 11.8 Å². The zero-order valence-electron chi connectivity index (χ0n) is 20.0. The van der Waals surface area contributed by atoms with Crippen LogP contribution in [0.2, 0.25) is 0 Å². The van der Waals surface area contributed by atoms with Crippen molar-refractivity contribution in [3.63, 3.8) is 0 Å². The molecule has 5 rings (SSSR count). The number of benzene rings is 3. The number of sulfonamides is 1. The molecular weight excluding hydrogens is 535 g/mol. The Morgan fingerprint density at radius 1 is 0.974 bits per heavy atom. The number of hydrogen-bond donors (Lipinski definition) is 3. The van der Waals surface area contributed by atoms with Crippen LogP contribution in [0.1, 0.15) is 37.5 Å². The van der Waals surface area contributed by atoms with E-state index in [0.29, 0.717) is 35.3 Å². The topological polar surface area (TPSA) is 150 Å². The summed E-state index contributed by atoms with van der Waals surface area (Å²) in [7, 11) is -3.94. The molecule has 0 bridgehead atoms. The number of alkyl halides is 3. The number of carbonyl (C=O) groups excluding carboxylic acids is 2. The summed E-state index contributed by atoms with van der Waals surface area (Å²) in [6.45, 7) is 0. The van der Waals surface area contributed by atoms with Crippen molar-refractivity contribution in [3.8, 4) is 16.9 Å². The lowest BCUT2D eigenvalue weighted by atomic mass is 9.88. The van der Waals surface area contributed by atoms with Gasteiger partial charge in [-0.25, -0.2) is 18.2 Å². The fourth-order valence-corrected chi connectivity index (χ4v) is 5.12. The molecule has 5 N–H and O–H groups in total. The number of halogens is 3. The van der Waals surface area contributed by atoms with E-state index in [1.807, 2.05) is 0 Å². The molecule has 0 atom stereocenters. The number of nitrogens with two attached hydrogens (primary N) is 2. The number of primary sulfonamides is 1. The van der Waals surface area contributed by atoms with Crippen LogP contribution >= 0.6 is 0 Å². The van der Waals surface area contributed by atoms with Gasteiger partial charge in [0, 0.05) is 16.8 Å². The Morgan fingerprint density at radius 3 is 2.31 bits per heavy atom. The van der Waals surface area contributed by atoms with Crippen molar-refractivity contribution in [1.29, 1.82) is 0 Å². The lowest BCUT2D eigenvalue weighted by Gasteiger charge is -2.20. The van der Waals surface area contributed by atoms with Gasteiger partial charge in [-0.2, -0.15) is 18.3 Å². The van der Waals surface area contributed by atoms with E-state index < -0.39 is 39.1 Å². The smallest absolute Gasteiger partial charge is 0.364 e. The van der Waals surface area contributed by atoms with Crippen LogP contribution in [0.5, 0.6) is 0 Å². The molecule has 1 aliphatic carbocycles. The van der Waals surface area contributed by atoms with E-state index in [4.69, 9.17) is 10.9 Å². The number of amides is 2. The first kappa shape index (κ1) is 26.1. The lowest BCUT2D eigenvalue weighted by Crippen LogP contribution is -2.19. The van der Waals surface area contributed by atoms with Crippen molar-refractivity contribution in [2.24, 2.45) is 10.9 Å². The number of anilines is 1. The number of nitrogens with zero attached hydrogens (tertiary/aromatic N) is 2. The average Bonchev–Trinajstić information content (AvgIpc) is 3.28. The molecular formula is C26H20F3N5O4S. The van der Waals surface area contributed by atoms with Crippen molar-refractivity contribution in [1.82, 2.24) is 9.78 Å². The number of primary amides is 1. The molecule has 39 heavy (non-hydrogen) atoms. The minimum absolute atomic E-state index is 0.0275. The third-order valence-electron chi connectivity index (χ3n) is 6.37. The maximum absolute atomic E-state index is 13.4. The number of fused-ring (bicyclic) bond motifs is 3. The molecule has 0 aliphatic heterocycles. The van der Waals surface area contributed by atoms with Crippen LogP contribution in [0, 0.1) is 0 Å². The standard InChI is InChI=1S/C26H20F3N5O4S/c27-26(28,29)21-4-2-1-3-18(21)25(36)32-15-7-5-14-6-12-19-22(24(30)35)33-34(23(19)20(14)13-15)16-8-10-17(11-9-16)39(31,37)38/h1-5,7-11,13H,6,12H2,(H2,30,35)(H,32,36)(H2,31,37,38). The predicted octanol–water partition coefficient (Wildman–Crippen LogP) is 3.66. The van der Waals surface area contributed by atoms with Gasteiger partial charge >= 0.3 is 6.18 Å². The number of carbonyl (C=O) groups is 2. The Labute approximate surface area is 220 Å². The highest BCUT2D eigenvalue weighted by Gasteiger charge is 2.35. The second kappa shape index (κ2) is 9.36. The normalized spacial score (nSPS) is 12.9. The van der Waals surface area contributed by atoms with Gasteiger partial charge in [0.1, 0.15) is 0 Å².